The number of hydrogen-bond donors (Lipinski definition) is 1. The Labute approximate surface area is 143 Å². The molecule has 0 fully saturated rings. The number of rotatable bonds is 6. The van der Waals surface area contributed by atoms with Crippen LogP contribution in [0.2, 0.25) is 0 Å². The van der Waals surface area contributed by atoms with Crippen molar-refractivity contribution in [2.24, 2.45) is 0 Å². The van der Waals surface area contributed by atoms with E-state index in [9.17, 15) is 9.18 Å². The first kappa shape index (κ1) is 17.7. The maximum Gasteiger partial charge on any atom is 0.235 e. The largest absolute Gasteiger partial charge is 0.344 e. The molecule has 0 saturated heterocycles. The molecule has 0 spiro atoms. The second kappa shape index (κ2) is 7.79. The number of benzene rings is 1. The maximum atomic E-state index is 13.3. The lowest BCUT2D eigenvalue weighted by molar-refractivity contribution is -0.128. The van der Waals surface area contributed by atoms with Gasteiger partial charge in [0.1, 0.15) is 5.82 Å². The highest BCUT2D eigenvalue weighted by atomic mass is 32.2. The monoisotopic (exact) mass is 348 g/mol. The predicted molar refractivity (Wildman–Crippen MR) is 88.8 cm³/mol. The number of nitriles is 1. The number of nitrogens with zero attached hydrogens (tertiary/aromatic N) is 5. The van der Waals surface area contributed by atoms with E-state index in [1.54, 1.807) is 26.1 Å². The van der Waals surface area contributed by atoms with Crippen LogP contribution in [-0.4, -0.2) is 44.5 Å². The summed E-state index contributed by atoms with van der Waals surface area (Å²) < 4.78 is 14.6. The van der Waals surface area contributed by atoms with Crippen molar-refractivity contribution in [2.75, 3.05) is 19.4 Å². The van der Waals surface area contributed by atoms with E-state index < -0.39 is 11.1 Å². The van der Waals surface area contributed by atoms with E-state index in [0.717, 1.165) is 11.8 Å². The Morgan fingerprint density at radius 2 is 2.29 bits per heavy atom. The van der Waals surface area contributed by atoms with Gasteiger partial charge in [-0.25, -0.2) is 9.07 Å². The molecule has 24 heavy (non-hydrogen) atoms. The van der Waals surface area contributed by atoms with Crippen molar-refractivity contribution in [1.82, 2.24) is 19.8 Å². The number of carbonyl (C=O) groups excluding carboxylic acids is 1. The molecule has 1 amide bonds. The van der Waals surface area contributed by atoms with E-state index in [0.29, 0.717) is 23.1 Å². The Kier molecular flexibility index (Phi) is 5.76. The predicted octanol–water partition coefficient (Wildman–Crippen LogP) is 1.65. The number of nitrogen functional groups attached to an aromatic ring is 1. The molecule has 0 aliphatic carbocycles. The molecule has 0 unspecified atom stereocenters. The molecule has 0 saturated carbocycles. The molecule has 126 valence electrons. The second-order valence-corrected chi connectivity index (χ2v) is 6.42. The van der Waals surface area contributed by atoms with Crippen LogP contribution in [-0.2, 0) is 4.79 Å². The lowest BCUT2D eigenvalue weighted by atomic mass is 10.2. The third-order valence-corrected chi connectivity index (χ3v) is 4.36. The molecule has 0 aliphatic rings. The van der Waals surface area contributed by atoms with Gasteiger partial charge in [0.05, 0.1) is 17.7 Å². The normalized spacial score (nSPS) is 11.8. The molecular weight excluding hydrogens is 331 g/mol. The number of nitrogens with two attached hydrogens (primary N) is 1. The van der Waals surface area contributed by atoms with Crippen LogP contribution in [0.25, 0.3) is 11.4 Å². The quantitative estimate of drug-likeness (QED) is 0.629. The van der Waals surface area contributed by atoms with Crippen molar-refractivity contribution in [2.45, 2.75) is 23.8 Å². The van der Waals surface area contributed by atoms with Gasteiger partial charge >= 0.3 is 0 Å². The zero-order valence-electron chi connectivity index (χ0n) is 13.3. The number of thioether (sulfide) groups is 1. The van der Waals surface area contributed by atoms with Crippen molar-refractivity contribution >= 4 is 17.7 Å². The van der Waals surface area contributed by atoms with E-state index in [4.69, 9.17) is 11.1 Å². The molecule has 0 radical (unpaired) electrons. The second-order valence-electron chi connectivity index (χ2n) is 5.11. The van der Waals surface area contributed by atoms with Crippen molar-refractivity contribution in [3.05, 3.63) is 30.1 Å². The van der Waals surface area contributed by atoms with E-state index >= 15 is 0 Å². The summed E-state index contributed by atoms with van der Waals surface area (Å²) in [4.78, 5) is 13.7. The van der Waals surface area contributed by atoms with Gasteiger partial charge in [-0.05, 0) is 19.1 Å². The SMILES string of the molecule is C[C@@H](Sc1nnc(-c2cccc(F)c2)n1N)C(=O)N(C)CCC#N. The third kappa shape index (κ3) is 4.02. The first-order chi connectivity index (χ1) is 11.4. The van der Waals surface area contributed by atoms with Gasteiger partial charge in [-0.1, -0.05) is 23.9 Å². The van der Waals surface area contributed by atoms with Gasteiger partial charge < -0.3 is 10.7 Å². The molecule has 1 aromatic heterocycles. The number of halogens is 1. The Balaban J connectivity index is 2.11. The van der Waals surface area contributed by atoms with Crippen LogP contribution in [0.4, 0.5) is 4.39 Å². The average Bonchev–Trinajstić information content (AvgIpc) is 2.92. The summed E-state index contributed by atoms with van der Waals surface area (Å²) in [6.07, 6.45) is 0.274. The van der Waals surface area contributed by atoms with Crippen molar-refractivity contribution in [3.63, 3.8) is 0 Å². The third-order valence-electron chi connectivity index (χ3n) is 3.31. The van der Waals surface area contributed by atoms with Crippen LogP contribution >= 0.6 is 11.8 Å². The standard InChI is InChI=1S/C15H17FN6OS/c1-10(14(23)21(2)8-4-7-17)24-15-20-19-13(22(15)18)11-5-3-6-12(16)9-11/h3,5-6,9-10H,4,8,18H2,1-2H3/t10-/m1/s1. The first-order valence-corrected chi connectivity index (χ1v) is 8.07. The smallest absolute Gasteiger partial charge is 0.235 e. The van der Waals surface area contributed by atoms with Crippen molar-refractivity contribution in [1.29, 1.82) is 5.26 Å². The number of amides is 1. The lowest BCUT2D eigenvalue weighted by Gasteiger charge is -2.19. The summed E-state index contributed by atoms with van der Waals surface area (Å²) in [6.45, 7) is 2.09. The highest BCUT2D eigenvalue weighted by Crippen LogP contribution is 2.25. The molecule has 0 bridgehead atoms. The van der Waals surface area contributed by atoms with Gasteiger partial charge in [0.25, 0.3) is 0 Å². The number of aromatic nitrogens is 3. The molecule has 0 aliphatic heterocycles. The molecule has 1 aromatic carbocycles. The first-order valence-electron chi connectivity index (χ1n) is 7.19. The minimum atomic E-state index is -0.444. The summed E-state index contributed by atoms with van der Waals surface area (Å²) in [7, 11) is 1.64. The summed E-state index contributed by atoms with van der Waals surface area (Å²) in [6, 6.07) is 7.87. The highest BCUT2D eigenvalue weighted by molar-refractivity contribution is 8.00. The van der Waals surface area contributed by atoms with E-state index in [1.165, 1.54) is 21.7 Å². The molecule has 2 aromatic rings. The number of hydrogen-bond acceptors (Lipinski definition) is 6. The van der Waals surface area contributed by atoms with Gasteiger partial charge in [-0.2, -0.15) is 5.26 Å². The fourth-order valence-electron chi connectivity index (χ4n) is 2.03. The zero-order valence-corrected chi connectivity index (χ0v) is 14.1. The molecule has 1 heterocycles. The van der Waals surface area contributed by atoms with Crippen LogP contribution in [0.1, 0.15) is 13.3 Å². The minimum Gasteiger partial charge on any atom is -0.344 e. The Hall–Kier alpha value is -2.60. The Morgan fingerprint density at radius 3 is 2.96 bits per heavy atom. The van der Waals surface area contributed by atoms with Gasteiger partial charge in [0.15, 0.2) is 5.82 Å². The highest BCUT2D eigenvalue weighted by Gasteiger charge is 2.22. The van der Waals surface area contributed by atoms with Crippen LogP contribution in [0, 0.1) is 17.1 Å². The summed E-state index contributed by atoms with van der Waals surface area (Å²) in [5, 5.41) is 16.4. The molecule has 2 rings (SSSR count). The van der Waals surface area contributed by atoms with Gasteiger partial charge in [0.2, 0.25) is 11.1 Å². The van der Waals surface area contributed by atoms with Crippen LogP contribution in [0.15, 0.2) is 29.4 Å². The topological polar surface area (TPSA) is 101 Å². The van der Waals surface area contributed by atoms with Gasteiger partial charge in [-0.15, -0.1) is 10.2 Å². The van der Waals surface area contributed by atoms with Crippen LogP contribution < -0.4 is 5.84 Å². The lowest BCUT2D eigenvalue weighted by Crippen LogP contribution is -2.34. The van der Waals surface area contributed by atoms with Crippen LogP contribution in [0.5, 0.6) is 0 Å². The van der Waals surface area contributed by atoms with Crippen LogP contribution in [0.3, 0.4) is 0 Å². The van der Waals surface area contributed by atoms with Gasteiger partial charge in [0, 0.05) is 19.2 Å². The molecule has 9 heteroatoms. The zero-order chi connectivity index (χ0) is 17.7. The van der Waals surface area contributed by atoms with E-state index in [2.05, 4.69) is 10.2 Å². The van der Waals surface area contributed by atoms with E-state index in [1.807, 2.05) is 6.07 Å². The Morgan fingerprint density at radius 1 is 1.54 bits per heavy atom. The average molecular weight is 348 g/mol. The maximum absolute atomic E-state index is 13.3. The molecular formula is C15H17FN6OS. The summed E-state index contributed by atoms with van der Waals surface area (Å²) >= 11 is 1.16. The fraction of sp³-hybridized carbons (Fsp3) is 0.333. The van der Waals surface area contributed by atoms with E-state index in [-0.39, 0.29) is 12.3 Å². The number of carbonyl (C=O) groups is 1. The summed E-state index contributed by atoms with van der Waals surface area (Å²) in [5.41, 5.74) is 0.502. The fourth-order valence-corrected chi connectivity index (χ4v) is 2.91. The Bertz CT molecular complexity index is 772. The molecule has 2 N–H and O–H groups in total. The molecule has 1 atom stereocenters. The molecule has 7 nitrogen and oxygen atoms in total. The summed E-state index contributed by atoms with van der Waals surface area (Å²) in [5.74, 6) is 5.76. The van der Waals surface area contributed by atoms with Crippen molar-refractivity contribution < 1.29 is 9.18 Å². The van der Waals surface area contributed by atoms with Crippen molar-refractivity contribution in [3.8, 4) is 17.5 Å². The minimum absolute atomic E-state index is 0.134. The van der Waals surface area contributed by atoms with Gasteiger partial charge in [-0.3, -0.25) is 4.79 Å².